The number of nitrogens with two attached hydrogens (primary N) is 1. The van der Waals surface area contributed by atoms with E-state index < -0.39 is 6.04 Å². The Kier molecular flexibility index (Phi) is 4.31. The first-order valence-electron chi connectivity index (χ1n) is 5.18. The Labute approximate surface area is 90.7 Å². The molecule has 0 saturated heterocycles. The molecule has 0 aliphatic heterocycles. The van der Waals surface area contributed by atoms with E-state index in [0.717, 1.165) is 6.42 Å². The number of amides is 1. The fraction of sp³-hybridized carbons (Fsp3) is 0.417. The number of benzene rings is 1. The predicted molar refractivity (Wildman–Crippen MR) is 61.5 cm³/mol. The summed E-state index contributed by atoms with van der Waals surface area (Å²) >= 11 is 0. The number of nitrogens with one attached hydrogen (secondary N) is 1. The van der Waals surface area contributed by atoms with Crippen molar-refractivity contribution in [1.82, 2.24) is 5.32 Å². The van der Waals surface area contributed by atoms with E-state index >= 15 is 0 Å². The van der Waals surface area contributed by atoms with Gasteiger partial charge in [-0.25, -0.2) is 0 Å². The van der Waals surface area contributed by atoms with Crippen molar-refractivity contribution in [2.75, 3.05) is 6.54 Å². The third-order valence-electron chi connectivity index (χ3n) is 2.21. The van der Waals surface area contributed by atoms with E-state index in [2.05, 4.69) is 30.4 Å². The van der Waals surface area contributed by atoms with Gasteiger partial charge in [0.1, 0.15) is 0 Å². The largest absolute Gasteiger partial charge is 0.354 e. The van der Waals surface area contributed by atoms with Gasteiger partial charge in [-0.3, -0.25) is 4.79 Å². The van der Waals surface area contributed by atoms with Gasteiger partial charge in [-0.15, -0.1) is 0 Å². The van der Waals surface area contributed by atoms with Gasteiger partial charge < -0.3 is 11.1 Å². The van der Waals surface area contributed by atoms with Crippen LogP contribution in [0.3, 0.4) is 0 Å². The van der Waals surface area contributed by atoms with Crippen LogP contribution in [0.2, 0.25) is 0 Å². The van der Waals surface area contributed by atoms with Crippen molar-refractivity contribution >= 4 is 5.91 Å². The summed E-state index contributed by atoms with van der Waals surface area (Å²) < 4.78 is 0. The van der Waals surface area contributed by atoms with E-state index in [1.54, 1.807) is 6.92 Å². The van der Waals surface area contributed by atoms with Crippen molar-refractivity contribution in [3.63, 3.8) is 0 Å². The molecule has 1 rings (SSSR count). The van der Waals surface area contributed by atoms with Crippen LogP contribution in [0, 0.1) is 6.92 Å². The highest BCUT2D eigenvalue weighted by Crippen LogP contribution is 2.03. The van der Waals surface area contributed by atoms with Crippen molar-refractivity contribution in [2.45, 2.75) is 26.3 Å². The zero-order valence-corrected chi connectivity index (χ0v) is 9.29. The molecule has 0 aromatic heterocycles. The van der Waals surface area contributed by atoms with E-state index in [0.29, 0.717) is 6.54 Å². The molecule has 0 saturated carbocycles. The topological polar surface area (TPSA) is 55.1 Å². The highest BCUT2D eigenvalue weighted by molar-refractivity contribution is 5.80. The lowest BCUT2D eigenvalue weighted by Crippen LogP contribution is -2.39. The molecular weight excluding hydrogens is 188 g/mol. The molecule has 3 N–H and O–H groups in total. The van der Waals surface area contributed by atoms with Crippen LogP contribution in [-0.4, -0.2) is 18.5 Å². The quantitative estimate of drug-likeness (QED) is 0.772. The molecule has 0 radical (unpaired) electrons. The summed E-state index contributed by atoms with van der Waals surface area (Å²) in [4.78, 5) is 11.2. The average molecular weight is 206 g/mol. The van der Waals surface area contributed by atoms with Gasteiger partial charge in [-0.05, 0) is 25.8 Å². The Morgan fingerprint density at radius 1 is 1.53 bits per heavy atom. The SMILES string of the molecule is Cc1cccc(CCNC(=O)[C@@H](C)N)c1. The van der Waals surface area contributed by atoms with E-state index in [-0.39, 0.29) is 5.91 Å². The highest BCUT2D eigenvalue weighted by atomic mass is 16.2. The molecule has 0 unspecified atom stereocenters. The summed E-state index contributed by atoms with van der Waals surface area (Å²) in [6.45, 7) is 4.38. The minimum absolute atomic E-state index is 0.0948. The van der Waals surface area contributed by atoms with Gasteiger partial charge >= 0.3 is 0 Å². The number of rotatable bonds is 4. The zero-order valence-electron chi connectivity index (χ0n) is 9.29. The molecule has 3 heteroatoms. The molecule has 3 nitrogen and oxygen atoms in total. The molecule has 0 fully saturated rings. The lowest BCUT2D eigenvalue weighted by atomic mass is 10.1. The fourth-order valence-electron chi connectivity index (χ4n) is 1.36. The van der Waals surface area contributed by atoms with Crippen molar-refractivity contribution in [3.8, 4) is 0 Å². The molecule has 1 aromatic rings. The third kappa shape index (κ3) is 4.13. The van der Waals surface area contributed by atoms with Crippen LogP contribution in [0.1, 0.15) is 18.1 Å². The van der Waals surface area contributed by atoms with Gasteiger partial charge in [0.25, 0.3) is 0 Å². The van der Waals surface area contributed by atoms with Gasteiger partial charge in [0, 0.05) is 6.54 Å². The number of aryl methyl sites for hydroxylation is 1. The zero-order chi connectivity index (χ0) is 11.3. The van der Waals surface area contributed by atoms with Crippen LogP contribution in [0.4, 0.5) is 0 Å². The molecule has 1 aromatic carbocycles. The number of carbonyl (C=O) groups is 1. The second-order valence-corrected chi connectivity index (χ2v) is 3.82. The van der Waals surface area contributed by atoms with Crippen LogP contribution in [0.5, 0.6) is 0 Å². The third-order valence-corrected chi connectivity index (χ3v) is 2.21. The van der Waals surface area contributed by atoms with Crippen LogP contribution in [-0.2, 0) is 11.2 Å². The van der Waals surface area contributed by atoms with E-state index in [1.165, 1.54) is 11.1 Å². The number of hydrogen-bond acceptors (Lipinski definition) is 2. The summed E-state index contributed by atoms with van der Waals surface area (Å²) in [7, 11) is 0. The summed E-state index contributed by atoms with van der Waals surface area (Å²) in [5.41, 5.74) is 7.91. The fourth-order valence-corrected chi connectivity index (χ4v) is 1.36. The van der Waals surface area contributed by atoms with E-state index in [4.69, 9.17) is 5.73 Å². The Hall–Kier alpha value is -1.35. The minimum atomic E-state index is -0.428. The number of carbonyl (C=O) groups excluding carboxylic acids is 1. The highest BCUT2D eigenvalue weighted by Gasteiger charge is 2.05. The van der Waals surface area contributed by atoms with Crippen molar-refractivity contribution in [2.24, 2.45) is 5.73 Å². The first kappa shape index (κ1) is 11.7. The van der Waals surface area contributed by atoms with Gasteiger partial charge in [-0.2, -0.15) is 0 Å². The predicted octanol–water partition coefficient (Wildman–Crippen LogP) is 1.00. The maximum atomic E-state index is 11.2. The maximum Gasteiger partial charge on any atom is 0.236 e. The normalized spacial score (nSPS) is 12.2. The molecule has 82 valence electrons. The standard InChI is InChI=1S/C12H18N2O/c1-9-4-3-5-11(8-9)6-7-14-12(15)10(2)13/h3-5,8,10H,6-7,13H2,1-2H3,(H,14,15)/t10-/m1/s1. The Morgan fingerprint density at radius 3 is 2.87 bits per heavy atom. The van der Waals surface area contributed by atoms with Crippen molar-refractivity contribution in [3.05, 3.63) is 35.4 Å². The summed E-state index contributed by atoms with van der Waals surface area (Å²) in [6, 6.07) is 7.84. The van der Waals surface area contributed by atoms with Crippen LogP contribution in [0.25, 0.3) is 0 Å². The second kappa shape index (κ2) is 5.51. The van der Waals surface area contributed by atoms with Crippen molar-refractivity contribution < 1.29 is 4.79 Å². The molecule has 0 spiro atoms. The second-order valence-electron chi connectivity index (χ2n) is 3.82. The Morgan fingerprint density at radius 2 is 2.27 bits per heavy atom. The van der Waals surface area contributed by atoms with Crippen LogP contribution >= 0.6 is 0 Å². The van der Waals surface area contributed by atoms with Crippen molar-refractivity contribution in [1.29, 1.82) is 0 Å². The summed E-state index contributed by atoms with van der Waals surface area (Å²) in [5, 5.41) is 2.79. The molecule has 0 heterocycles. The summed E-state index contributed by atoms with van der Waals surface area (Å²) in [5.74, 6) is -0.0948. The van der Waals surface area contributed by atoms with Crippen LogP contribution < -0.4 is 11.1 Å². The molecular formula is C12H18N2O. The monoisotopic (exact) mass is 206 g/mol. The summed E-state index contributed by atoms with van der Waals surface area (Å²) in [6.07, 6.45) is 0.847. The minimum Gasteiger partial charge on any atom is -0.354 e. The maximum absolute atomic E-state index is 11.2. The molecule has 0 aliphatic rings. The lowest BCUT2D eigenvalue weighted by Gasteiger charge is -2.07. The molecule has 1 amide bonds. The first-order valence-corrected chi connectivity index (χ1v) is 5.18. The van der Waals surface area contributed by atoms with E-state index in [9.17, 15) is 4.79 Å². The van der Waals surface area contributed by atoms with Gasteiger partial charge in [0.15, 0.2) is 0 Å². The molecule has 1 atom stereocenters. The number of hydrogen-bond donors (Lipinski definition) is 2. The smallest absolute Gasteiger partial charge is 0.236 e. The lowest BCUT2D eigenvalue weighted by molar-refractivity contribution is -0.121. The Balaban J connectivity index is 2.35. The van der Waals surface area contributed by atoms with E-state index in [1.807, 2.05) is 6.07 Å². The molecule has 0 bridgehead atoms. The molecule has 15 heavy (non-hydrogen) atoms. The van der Waals surface area contributed by atoms with Gasteiger partial charge in [0.05, 0.1) is 6.04 Å². The van der Waals surface area contributed by atoms with Gasteiger partial charge in [0.2, 0.25) is 5.91 Å². The average Bonchev–Trinajstić information content (AvgIpc) is 2.17. The first-order chi connectivity index (χ1) is 7.09. The van der Waals surface area contributed by atoms with Gasteiger partial charge in [-0.1, -0.05) is 29.8 Å². The Bertz CT molecular complexity index is 334. The van der Waals surface area contributed by atoms with Crippen LogP contribution in [0.15, 0.2) is 24.3 Å². The molecule has 0 aliphatic carbocycles.